The van der Waals surface area contributed by atoms with Gasteiger partial charge in [-0.3, -0.25) is 9.59 Å². The first-order chi connectivity index (χ1) is 15.4. The number of rotatable bonds is 8. The van der Waals surface area contributed by atoms with E-state index in [1.165, 1.54) is 18.4 Å². The minimum atomic E-state index is -3.77. The van der Waals surface area contributed by atoms with Crippen molar-refractivity contribution in [2.75, 3.05) is 10.6 Å². The quantitative estimate of drug-likeness (QED) is 0.484. The maximum Gasteiger partial charge on any atom is 0.241 e. The highest BCUT2D eigenvalue weighted by atomic mass is 32.2. The van der Waals surface area contributed by atoms with E-state index in [0.717, 1.165) is 11.3 Å². The van der Waals surface area contributed by atoms with Gasteiger partial charge in [0.2, 0.25) is 21.8 Å². The number of benzene rings is 2. The lowest BCUT2D eigenvalue weighted by molar-refractivity contribution is -0.121. The predicted molar refractivity (Wildman–Crippen MR) is 119 cm³/mol. The number of hydrogen-bond acceptors (Lipinski definition) is 5. The van der Waals surface area contributed by atoms with E-state index in [2.05, 4.69) is 15.4 Å². The van der Waals surface area contributed by atoms with Crippen molar-refractivity contribution >= 4 is 33.2 Å². The van der Waals surface area contributed by atoms with Crippen molar-refractivity contribution < 1.29 is 22.4 Å². The average molecular weight is 454 g/mol. The fourth-order valence-electron chi connectivity index (χ4n) is 3.58. The summed E-state index contributed by atoms with van der Waals surface area (Å²) in [4.78, 5) is 24.8. The van der Waals surface area contributed by atoms with Crippen LogP contribution in [0.4, 0.5) is 11.4 Å². The first-order valence-electron chi connectivity index (χ1n) is 10.2. The molecule has 3 N–H and O–H groups in total. The van der Waals surface area contributed by atoms with Crippen LogP contribution in [-0.4, -0.2) is 20.2 Å². The van der Waals surface area contributed by atoms with Gasteiger partial charge in [-0.05, 0) is 54.8 Å². The molecule has 32 heavy (non-hydrogen) atoms. The summed E-state index contributed by atoms with van der Waals surface area (Å²) in [7, 11) is -3.77. The number of amides is 2. The topological polar surface area (TPSA) is 118 Å². The van der Waals surface area contributed by atoms with Gasteiger partial charge in [-0.15, -0.1) is 0 Å². The first kappa shape index (κ1) is 21.8. The molecule has 166 valence electrons. The predicted octanol–water partition coefficient (Wildman–Crippen LogP) is 3.29. The molecule has 0 radical (unpaired) electrons. The standard InChI is InChI=1S/C23H23N3O5S/c27-22(11-10-17-13-16-5-1-2-9-21(16)26-23(17)28)25-18-6-3-8-20(14-18)32(29,30)24-15-19-7-4-12-31-19/h1-9,12,14,17,24H,10-11,13,15H2,(H,25,27)(H,26,28). The van der Waals surface area contributed by atoms with Crippen molar-refractivity contribution in [1.82, 2.24) is 4.72 Å². The van der Waals surface area contributed by atoms with Crippen LogP contribution >= 0.6 is 0 Å². The van der Waals surface area contributed by atoms with Crippen LogP contribution in [0.5, 0.6) is 0 Å². The molecule has 0 bridgehead atoms. The van der Waals surface area contributed by atoms with E-state index in [1.54, 1.807) is 24.3 Å². The SMILES string of the molecule is O=C(CCC1Cc2ccccc2NC1=O)Nc1cccc(S(=O)(=O)NCc2ccco2)c1. The van der Waals surface area contributed by atoms with E-state index in [9.17, 15) is 18.0 Å². The van der Waals surface area contributed by atoms with E-state index in [0.29, 0.717) is 24.3 Å². The zero-order valence-corrected chi connectivity index (χ0v) is 18.0. The molecule has 3 aromatic rings. The van der Waals surface area contributed by atoms with E-state index < -0.39 is 10.0 Å². The number of anilines is 2. The first-order valence-corrected chi connectivity index (χ1v) is 11.7. The Kier molecular flexibility index (Phi) is 6.38. The van der Waals surface area contributed by atoms with Crippen LogP contribution in [0.2, 0.25) is 0 Å². The van der Waals surface area contributed by atoms with Crippen molar-refractivity contribution in [2.24, 2.45) is 5.92 Å². The average Bonchev–Trinajstić information content (AvgIpc) is 3.30. The molecular formula is C23H23N3O5S. The van der Waals surface area contributed by atoms with E-state index in [4.69, 9.17) is 4.42 Å². The molecular weight excluding hydrogens is 430 g/mol. The fraction of sp³-hybridized carbons (Fsp3) is 0.217. The summed E-state index contributed by atoms with van der Waals surface area (Å²) in [6.45, 7) is 0.0263. The van der Waals surface area contributed by atoms with Crippen molar-refractivity contribution in [3.63, 3.8) is 0 Å². The summed E-state index contributed by atoms with van der Waals surface area (Å²) in [5.41, 5.74) is 2.24. The van der Waals surface area contributed by atoms with Crippen LogP contribution in [0.15, 0.2) is 76.2 Å². The normalized spacial score (nSPS) is 15.6. The van der Waals surface area contributed by atoms with Crippen LogP contribution in [0.3, 0.4) is 0 Å². The third-order valence-corrected chi connectivity index (χ3v) is 6.68. The Bertz CT molecular complexity index is 1220. The summed E-state index contributed by atoms with van der Waals surface area (Å²) in [6.07, 6.45) is 2.60. The molecule has 1 aliphatic heterocycles. The number of furan rings is 1. The van der Waals surface area contributed by atoms with Crippen molar-refractivity contribution in [3.8, 4) is 0 Å². The number of fused-ring (bicyclic) bond motifs is 1. The summed E-state index contributed by atoms with van der Waals surface area (Å²) in [6, 6.07) is 17.0. The largest absolute Gasteiger partial charge is 0.468 e. The van der Waals surface area contributed by atoms with Gasteiger partial charge in [0.25, 0.3) is 0 Å². The molecule has 2 aromatic carbocycles. The molecule has 0 saturated carbocycles. The van der Waals surface area contributed by atoms with Gasteiger partial charge in [0, 0.05) is 23.7 Å². The highest BCUT2D eigenvalue weighted by Gasteiger charge is 2.26. The fourth-order valence-corrected chi connectivity index (χ4v) is 4.62. The van der Waals surface area contributed by atoms with Crippen molar-refractivity contribution in [1.29, 1.82) is 0 Å². The molecule has 1 aromatic heterocycles. The summed E-state index contributed by atoms with van der Waals surface area (Å²) < 4.78 is 32.6. The number of nitrogens with one attached hydrogen (secondary N) is 3. The number of carbonyl (C=O) groups excluding carboxylic acids is 2. The molecule has 0 aliphatic carbocycles. The van der Waals surface area contributed by atoms with E-state index in [-0.39, 0.29) is 35.6 Å². The minimum absolute atomic E-state index is 0.0263. The molecule has 8 nitrogen and oxygen atoms in total. The van der Waals surface area contributed by atoms with Gasteiger partial charge < -0.3 is 15.1 Å². The Morgan fingerprint density at radius 2 is 1.94 bits per heavy atom. The molecule has 2 amide bonds. The lowest BCUT2D eigenvalue weighted by Crippen LogP contribution is -2.30. The molecule has 1 aliphatic rings. The summed E-state index contributed by atoms with van der Waals surface area (Å²) in [5.74, 6) is -0.164. The van der Waals surface area contributed by atoms with Crippen LogP contribution < -0.4 is 15.4 Å². The number of para-hydroxylation sites is 1. The Morgan fingerprint density at radius 1 is 1.09 bits per heavy atom. The van der Waals surface area contributed by atoms with Gasteiger partial charge in [0.05, 0.1) is 17.7 Å². The second kappa shape index (κ2) is 9.37. The molecule has 1 unspecified atom stereocenters. The number of hydrogen-bond donors (Lipinski definition) is 3. The van der Waals surface area contributed by atoms with Crippen LogP contribution in [0, 0.1) is 5.92 Å². The Morgan fingerprint density at radius 3 is 2.75 bits per heavy atom. The smallest absolute Gasteiger partial charge is 0.241 e. The minimum Gasteiger partial charge on any atom is -0.468 e. The Balaban J connectivity index is 1.33. The van der Waals surface area contributed by atoms with Crippen molar-refractivity contribution in [3.05, 3.63) is 78.3 Å². The van der Waals surface area contributed by atoms with Crippen LogP contribution in [0.1, 0.15) is 24.2 Å². The highest BCUT2D eigenvalue weighted by molar-refractivity contribution is 7.89. The van der Waals surface area contributed by atoms with Gasteiger partial charge >= 0.3 is 0 Å². The van der Waals surface area contributed by atoms with Crippen molar-refractivity contribution in [2.45, 2.75) is 30.7 Å². The van der Waals surface area contributed by atoms with E-state index in [1.807, 2.05) is 24.3 Å². The van der Waals surface area contributed by atoms with Crippen LogP contribution in [-0.2, 0) is 32.6 Å². The molecule has 0 saturated heterocycles. The maximum atomic E-state index is 12.5. The van der Waals surface area contributed by atoms with E-state index >= 15 is 0 Å². The third kappa shape index (κ3) is 5.24. The number of sulfonamides is 1. The second-order valence-corrected chi connectivity index (χ2v) is 9.33. The maximum absolute atomic E-state index is 12.5. The summed E-state index contributed by atoms with van der Waals surface area (Å²) in [5, 5.41) is 5.59. The third-order valence-electron chi connectivity index (χ3n) is 5.28. The van der Waals surface area contributed by atoms with Gasteiger partial charge in [0.1, 0.15) is 5.76 Å². The lowest BCUT2D eigenvalue weighted by Gasteiger charge is -2.24. The Hall–Kier alpha value is -3.43. The van der Waals surface area contributed by atoms with Gasteiger partial charge in [-0.2, -0.15) is 0 Å². The second-order valence-electron chi connectivity index (χ2n) is 7.57. The monoisotopic (exact) mass is 453 g/mol. The molecule has 4 rings (SSSR count). The van der Waals surface area contributed by atoms with Crippen LogP contribution in [0.25, 0.3) is 0 Å². The molecule has 0 fully saturated rings. The van der Waals surface area contributed by atoms with Gasteiger partial charge in [-0.1, -0.05) is 24.3 Å². The summed E-state index contributed by atoms with van der Waals surface area (Å²) >= 11 is 0. The zero-order valence-electron chi connectivity index (χ0n) is 17.2. The van der Waals surface area contributed by atoms with Gasteiger partial charge in [-0.25, -0.2) is 13.1 Å². The lowest BCUT2D eigenvalue weighted by atomic mass is 9.89. The Labute approximate surface area is 186 Å². The number of carbonyl (C=O) groups is 2. The molecule has 1 atom stereocenters. The molecule has 0 spiro atoms. The highest BCUT2D eigenvalue weighted by Crippen LogP contribution is 2.27. The van der Waals surface area contributed by atoms with Gasteiger partial charge in [0.15, 0.2) is 0 Å². The molecule has 2 heterocycles. The zero-order chi connectivity index (χ0) is 22.6. The molecule has 9 heteroatoms.